The number of nitrogens with one attached hydrogen (secondary N) is 1. The lowest BCUT2D eigenvalue weighted by Crippen LogP contribution is -2.36. The first kappa shape index (κ1) is 26.0. The molecular weight excluding hydrogens is 502 g/mol. The summed E-state index contributed by atoms with van der Waals surface area (Å²) < 4.78 is 37.9. The van der Waals surface area contributed by atoms with Gasteiger partial charge in [-0.15, -0.1) is 6.58 Å². The molecule has 0 saturated carbocycles. The molecule has 0 fully saturated rings. The van der Waals surface area contributed by atoms with Crippen molar-refractivity contribution in [3.8, 4) is 11.5 Å². The number of hydrogen-bond donors (Lipinski definition) is 1. The molecule has 1 aliphatic heterocycles. The maximum atomic E-state index is 13.2. The third-order valence-corrected chi connectivity index (χ3v) is 8.40. The third kappa shape index (κ3) is 4.80. The zero-order chi connectivity index (χ0) is 26.9. The Morgan fingerprint density at radius 2 is 1.61 bits per heavy atom. The van der Waals surface area contributed by atoms with Crippen molar-refractivity contribution < 1.29 is 26.9 Å². The van der Waals surface area contributed by atoms with Crippen molar-refractivity contribution in [2.75, 3.05) is 6.61 Å². The van der Waals surface area contributed by atoms with E-state index in [0.717, 1.165) is 37.1 Å². The van der Waals surface area contributed by atoms with Gasteiger partial charge in [0.25, 0.3) is 0 Å². The average Bonchev–Trinajstić information content (AvgIpc) is 2.90. The minimum absolute atomic E-state index is 0.0274. The van der Waals surface area contributed by atoms with Crippen molar-refractivity contribution in [2.24, 2.45) is 0 Å². The molecule has 8 heteroatoms. The molecule has 7 nitrogen and oxygen atoms in total. The van der Waals surface area contributed by atoms with Crippen LogP contribution < -0.4 is 14.2 Å². The molecule has 3 aliphatic rings. The predicted octanol–water partition coefficient (Wildman–Crippen LogP) is 5.28. The quantitative estimate of drug-likeness (QED) is 0.364. The van der Waals surface area contributed by atoms with Gasteiger partial charge < -0.3 is 14.2 Å². The highest BCUT2D eigenvalue weighted by molar-refractivity contribution is 7.87. The van der Waals surface area contributed by atoms with Gasteiger partial charge in [0.1, 0.15) is 4.90 Å². The number of ether oxygens (including phenoxy) is 1. The number of carbonyl (C=O) groups is 2. The van der Waals surface area contributed by atoms with Crippen LogP contribution in [0.1, 0.15) is 62.5 Å². The van der Waals surface area contributed by atoms with Gasteiger partial charge in [-0.05, 0) is 62.8 Å². The van der Waals surface area contributed by atoms with Crippen LogP contribution in [-0.4, -0.2) is 26.6 Å². The second kappa shape index (κ2) is 10.6. The van der Waals surface area contributed by atoms with E-state index < -0.39 is 16.0 Å². The monoisotopic (exact) mass is 533 g/mol. The molecule has 2 aromatic carbocycles. The van der Waals surface area contributed by atoms with Crippen LogP contribution in [0.4, 0.5) is 0 Å². The van der Waals surface area contributed by atoms with E-state index in [2.05, 4.69) is 11.9 Å². The molecule has 2 aliphatic carbocycles. The number of dihydropyridines is 1. The van der Waals surface area contributed by atoms with E-state index in [1.165, 1.54) is 12.1 Å². The highest BCUT2D eigenvalue weighted by atomic mass is 32.2. The molecule has 0 amide bonds. The van der Waals surface area contributed by atoms with E-state index >= 15 is 0 Å². The standard InChI is InChI=1S/C30H31NO6S/c1-3-10-19-17-20(18-26(36-4-2)30(19)37-38(34,35)21-11-6-5-7-12-21)27-28-22(13-8-15-24(28)32)31-23-14-9-16-25(33)29(23)27/h3,5-7,11-12,17-18,27,31H,1,4,8-10,13-16H2,2H3. The SMILES string of the molecule is C=CCc1cc(C2C3=C(CCCC3=O)NC3=C2C(=O)CCC3)cc(OCC)c1OS(=O)(=O)c1ccccc1. The predicted molar refractivity (Wildman–Crippen MR) is 143 cm³/mol. The summed E-state index contributed by atoms with van der Waals surface area (Å²) in [4.78, 5) is 26.5. The lowest BCUT2D eigenvalue weighted by atomic mass is 9.71. The second-order valence-corrected chi connectivity index (χ2v) is 11.2. The fourth-order valence-electron chi connectivity index (χ4n) is 5.58. The van der Waals surface area contributed by atoms with Gasteiger partial charge in [0.05, 0.1) is 6.61 Å². The Hall–Kier alpha value is -3.65. The summed E-state index contributed by atoms with van der Waals surface area (Å²) in [5, 5.41) is 3.42. The van der Waals surface area contributed by atoms with Gasteiger partial charge in [-0.25, -0.2) is 0 Å². The van der Waals surface area contributed by atoms with Gasteiger partial charge in [0.2, 0.25) is 0 Å². The van der Waals surface area contributed by atoms with E-state index in [4.69, 9.17) is 8.92 Å². The number of benzene rings is 2. The molecule has 0 unspecified atom stereocenters. The van der Waals surface area contributed by atoms with Crippen LogP contribution >= 0.6 is 0 Å². The molecule has 0 radical (unpaired) electrons. The second-order valence-electron chi connectivity index (χ2n) is 9.68. The Morgan fingerprint density at radius 1 is 0.974 bits per heavy atom. The fraction of sp³-hybridized carbons (Fsp3) is 0.333. The van der Waals surface area contributed by atoms with Gasteiger partial charge in [-0.3, -0.25) is 9.59 Å². The topological polar surface area (TPSA) is 98.8 Å². The molecule has 2 aromatic rings. The molecule has 198 valence electrons. The number of ketones is 2. The molecule has 1 heterocycles. The maximum Gasteiger partial charge on any atom is 0.339 e. The Kier molecular flexibility index (Phi) is 7.25. The van der Waals surface area contributed by atoms with Crippen LogP contribution in [0.5, 0.6) is 11.5 Å². The number of hydrogen-bond acceptors (Lipinski definition) is 7. The molecule has 0 aromatic heterocycles. The first-order valence-corrected chi connectivity index (χ1v) is 14.4. The molecule has 5 rings (SSSR count). The van der Waals surface area contributed by atoms with Crippen molar-refractivity contribution in [3.05, 3.63) is 88.8 Å². The molecule has 0 bridgehead atoms. The van der Waals surface area contributed by atoms with Gasteiger partial charge in [-0.2, -0.15) is 8.42 Å². The van der Waals surface area contributed by atoms with E-state index in [1.807, 2.05) is 6.07 Å². The van der Waals surface area contributed by atoms with Crippen LogP contribution in [0.2, 0.25) is 0 Å². The van der Waals surface area contributed by atoms with Crippen molar-refractivity contribution in [3.63, 3.8) is 0 Å². The lowest BCUT2D eigenvalue weighted by Gasteiger charge is -2.37. The van der Waals surface area contributed by atoms with Gasteiger partial charge in [0, 0.05) is 46.9 Å². The largest absolute Gasteiger partial charge is 0.490 e. The number of rotatable bonds is 8. The van der Waals surface area contributed by atoms with Crippen LogP contribution in [0.3, 0.4) is 0 Å². The van der Waals surface area contributed by atoms with E-state index in [1.54, 1.807) is 37.3 Å². The third-order valence-electron chi connectivity index (χ3n) is 7.17. The number of carbonyl (C=O) groups excluding carboxylic acids is 2. The minimum atomic E-state index is -4.14. The Balaban J connectivity index is 1.69. The Morgan fingerprint density at radius 3 is 2.18 bits per heavy atom. The summed E-state index contributed by atoms with van der Waals surface area (Å²) in [5.41, 5.74) is 4.28. The van der Waals surface area contributed by atoms with Crippen molar-refractivity contribution in [2.45, 2.75) is 62.7 Å². The van der Waals surface area contributed by atoms with E-state index in [-0.39, 0.29) is 34.6 Å². The maximum absolute atomic E-state index is 13.2. The molecular formula is C30H31NO6S. The summed E-state index contributed by atoms with van der Waals surface area (Å²) in [6.45, 7) is 5.91. The van der Waals surface area contributed by atoms with Crippen LogP contribution in [0.15, 0.2) is 82.6 Å². The molecule has 0 atom stereocenters. The Labute approximate surface area is 223 Å². The first-order chi connectivity index (χ1) is 18.3. The number of allylic oxidation sites excluding steroid dienone is 5. The fourth-order valence-corrected chi connectivity index (χ4v) is 6.57. The summed E-state index contributed by atoms with van der Waals surface area (Å²) in [6, 6.07) is 11.5. The van der Waals surface area contributed by atoms with E-state index in [0.29, 0.717) is 41.5 Å². The molecule has 0 spiro atoms. The van der Waals surface area contributed by atoms with Crippen LogP contribution in [0, 0.1) is 0 Å². The zero-order valence-electron chi connectivity index (χ0n) is 21.4. The van der Waals surface area contributed by atoms with Crippen molar-refractivity contribution in [1.29, 1.82) is 0 Å². The van der Waals surface area contributed by atoms with Gasteiger partial charge >= 0.3 is 10.1 Å². The minimum Gasteiger partial charge on any atom is -0.490 e. The summed E-state index contributed by atoms with van der Waals surface area (Å²) in [7, 11) is -4.14. The lowest BCUT2D eigenvalue weighted by molar-refractivity contribution is -0.117. The highest BCUT2D eigenvalue weighted by Gasteiger charge is 2.41. The van der Waals surface area contributed by atoms with Crippen molar-refractivity contribution >= 4 is 21.7 Å². The van der Waals surface area contributed by atoms with E-state index in [9.17, 15) is 18.0 Å². The average molecular weight is 534 g/mol. The number of Topliss-reactive ketones (excluding diaryl/α,β-unsaturated/α-hetero) is 2. The summed E-state index contributed by atoms with van der Waals surface area (Å²) >= 11 is 0. The first-order valence-electron chi connectivity index (χ1n) is 13.0. The van der Waals surface area contributed by atoms with Gasteiger partial charge in [-0.1, -0.05) is 30.3 Å². The van der Waals surface area contributed by atoms with Gasteiger partial charge in [0.15, 0.2) is 23.1 Å². The molecule has 1 N–H and O–H groups in total. The van der Waals surface area contributed by atoms with Crippen molar-refractivity contribution in [1.82, 2.24) is 5.32 Å². The Bertz CT molecular complexity index is 1430. The smallest absolute Gasteiger partial charge is 0.339 e. The molecule has 0 saturated heterocycles. The summed E-state index contributed by atoms with van der Waals surface area (Å²) in [6.07, 6.45) is 5.86. The highest BCUT2D eigenvalue weighted by Crippen LogP contribution is 2.48. The normalized spacial score (nSPS) is 18.0. The van der Waals surface area contributed by atoms with Crippen LogP contribution in [0.25, 0.3) is 0 Å². The molecule has 38 heavy (non-hydrogen) atoms. The van der Waals surface area contributed by atoms with Crippen LogP contribution in [-0.2, 0) is 26.1 Å². The summed E-state index contributed by atoms with van der Waals surface area (Å²) in [5.74, 6) is -0.144. The zero-order valence-corrected chi connectivity index (χ0v) is 22.2.